The maximum atomic E-state index is 11.7. The van der Waals surface area contributed by atoms with Crippen molar-refractivity contribution in [2.75, 3.05) is 38.2 Å². The molecule has 1 saturated heterocycles. The van der Waals surface area contributed by atoms with Crippen molar-refractivity contribution in [1.29, 1.82) is 0 Å². The molecule has 1 aromatic carbocycles. The Kier molecular flexibility index (Phi) is 4.44. The lowest BCUT2D eigenvalue weighted by atomic mass is 10.2. The van der Waals surface area contributed by atoms with E-state index >= 15 is 0 Å². The second kappa shape index (κ2) is 6.27. The standard InChI is InChI=1S/C15H20N2O2/c1-3-4-15(18)17-11-9-16(10-12-17)13-5-7-14(19-2)8-6-13/h3-8H,9-12H2,1-2H3. The number of hydrogen-bond acceptors (Lipinski definition) is 3. The quantitative estimate of drug-likeness (QED) is 0.778. The Morgan fingerprint density at radius 1 is 1.16 bits per heavy atom. The molecule has 0 radical (unpaired) electrons. The highest BCUT2D eigenvalue weighted by atomic mass is 16.5. The largest absolute Gasteiger partial charge is 0.497 e. The highest BCUT2D eigenvalue weighted by molar-refractivity contribution is 5.87. The second-order valence-corrected chi connectivity index (χ2v) is 4.51. The monoisotopic (exact) mass is 260 g/mol. The number of anilines is 1. The summed E-state index contributed by atoms with van der Waals surface area (Å²) in [4.78, 5) is 15.9. The van der Waals surface area contributed by atoms with Gasteiger partial charge in [-0.2, -0.15) is 0 Å². The molecule has 0 saturated carbocycles. The van der Waals surface area contributed by atoms with Gasteiger partial charge in [-0.1, -0.05) is 6.08 Å². The van der Waals surface area contributed by atoms with E-state index in [-0.39, 0.29) is 5.91 Å². The third kappa shape index (κ3) is 3.28. The summed E-state index contributed by atoms with van der Waals surface area (Å²) in [5, 5.41) is 0. The van der Waals surface area contributed by atoms with Crippen LogP contribution in [0.3, 0.4) is 0 Å². The molecule has 0 aliphatic carbocycles. The number of amides is 1. The van der Waals surface area contributed by atoms with E-state index in [2.05, 4.69) is 17.0 Å². The number of carbonyl (C=O) groups excluding carboxylic acids is 1. The number of rotatable bonds is 3. The second-order valence-electron chi connectivity index (χ2n) is 4.51. The summed E-state index contributed by atoms with van der Waals surface area (Å²) in [6, 6.07) is 8.05. The first-order valence-electron chi connectivity index (χ1n) is 6.55. The van der Waals surface area contributed by atoms with E-state index in [0.717, 1.165) is 31.9 Å². The van der Waals surface area contributed by atoms with Crippen LogP contribution in [0.15, 0.2) is 36.4 Å². The topological polar surface area (TPSA) is 32.8 Å². The summed E-state index contributed by atoms with van der Waals surface area (Å²) in [6.07, 6.45) is 3.42. The molecule has 1 aliphatic heterocycles. The molecule has 1 amide bonds. The Morgan fingerprint density at radius 2 is 1.79 bits per heavy atom. The van der Waals surface area contributed by atoms with Crippen LogP contribution >= 0.6 is 0 Å². The van der Waals surface area contributed by atoms with Gasteiger partial charge in [-0.05, 0) is 37.3 Å². The smallest absolute Gasteiger partial charge is 0.246 e. The third-order valence-electron chi connectivity index (χ3n) is 3.34. The van der Waals surface area contributed by atoms with Gasteiger partial charge >= 0.3 is 0 Å². The Morgan fingerprint density at radius 3 is 2.32 bits per heavy atom. The molecule has 2 rings (SSSR count). The van der Waals surface area contributed by atoms with E-state index in [4.69, 9.17) is 4.74 Å². The van der Waals surface area contributed by atoms with Gasteiger partial charge in [0.1, 0.15) is 5.75 Å². The number of hydrogen-bond donors (Lipinski definition) is 0. The normalized spacial score (nSPS) is 15.9. The van der Waals surface area contributed by atoms with Crippen molar-refractivity contribution < 1.29 is 9.53 Å². The average molecular weight is 260 g/mol. The van der Waals surface area contributed by atoms with Gasteiger partial charge in [-0.25, -0.2) is 0 Å². The summed E-state index contributed by atoms with van der Waals surface area (Å²) >= 11 is 0. The minimum Gasteiger partial charge on any atom is -0.497 e. The first kappa shape index (κ1) is 13.5. The molecule has 4 heteroatoms. The van der Waals surface area contributed by atoms with Crippen LogP contribution in [-0.2, 0) is 4.79 Å². The molecule has 1 fully saturated rings. The molecule has 0 spiro atoms. The van der Waals surface area contributed by atoms with Gasteiger partial charge < -0.3 is 14.5 Å². The number of carbonyl (C=O) groups is 1. The molecular weight excluding hydrogens is 240 g/mol. The minimum atomic E-state index is 0.108. The van der Waals surface area contributed by atoms with Crippen molar-refractivity contribution >= 4 is 11.6 Å². The molecule has 0 atom stereocenters. The highest BCUT2D eigenvalue weighted by Crippen LogP contribution is 2.20. The van der Waals surface area contributed by atoms with E-state index < -0.39 is 0 Å². The lowest BCUT2D eigenvalue weighted by Crippen LogP contribution is -2.48. The molecular formula is C15H20N2O2. The Hall–Kier alpha value is -1.97. The first-order valence-corrected chi connectivity index (χ1v) is 6.55. The van der Waals surface area contributed by atoms with Crippen LogP contribution in [0.5, 0.6) is 5.75 Å². The Bertz CT molecular complexity index is 446. The molecule has 19 heavy (non-hydrogen) atoms. The van der Waals surface area contributed by atoms with Crippen molar-refractivity contribution in [3.05, 3.63) is 36.4 Å². The fourth-order valence-electron chi connectivity index (χ4n) is 2.23. The van der Waals surface area contributed by atoms with Gasteiger partial charge in [0.05, 0.1) is 7.11 Å². The zero-order chi connectivity index (χ0) is 13.7. The number of nitrogens with zero attached hydrogens (tertiary/aromatic N) is 2. The van der Waals surface area contributed by atoms with Crippen molar-refractivity contribution in [3.8, 4) is 5.75 Å². The summed E-state index contributed by atoms with van der Waals surface area (Å²) in [7, 11) is 1.67. The highest BCUT2D eigenvalue weighted by Gasteiger charge is 2.19. The fourth-order valence-corrected chi connectivity index (χ4v) is 2.23. The van der Waals surface area contributed by atoms with E-state index in [0.29, 0.717) is 0 Å². The zero-order valence-corrected chi connectivity index (χ0v) is 11.5. The first-order chi connectivity index (χ1) is 9.24. The predicted molar refractivity (Wildman–Crippen MR) is 76.6 cm³/mol. The number of allylic oxidation sites excluding steroid dienone is 1. The Labute approximate surface area is 114 Å². The molecule has 102 valence electrons. The van der Waals surface area contributed by atoms with E-state index in [9.17, 15) is 4.79 Å². The molecule has 1 aromatic rings. The lowest BCUT2D eigenvalue weighted by molar-refractivity contribution is -0.126. The van der Waals surface area contributed by atoms with Gasteiger partial charge in [0.2, 0.25) is 5.91 Å². The molecule has 0 bridgehead atoms. The molecule has 4 nitrogen and oxygen atoms in total. The zero-order valence-electron chi connectivity index (χ0n) is 11.5. The van der Waals surface area contributed by atoms with Crippen LogP contribution < -0.4 is 9.64 Å². The van der Waals surface area contributed by atoms with Crippen molar-refractivity contribution in [2.45, 2.75) is 6.92 Å². The third-order valence-corrected chi connectivity index (χ3v) is 3.34. The maximum absolute atomic E-state index is 11.7. The Balaban J connectivity index is 1.93. The van der Waals surface area contributed by atoms with E-state index in [1.807, 2.05) is 24.0 Å². The number of ether oxygens (including phenoxy) is 1. The summed E-state index contributed by atoms with van der Waals surface area (Å²) in [5.74, 6) is 0.975. The fraction of sp³-hybridized carbons (Fsp3) is 0.400. The van der Waals surface area contributed by atoms with E-state index in [1.165, 1.54) is 5.69 Å². The minimum absolute atomic E-state index is 0.108. The predicted octanol–water partition coefficient (Wildman–Crippen LogP) is 1.92. The molecule has 1 aliphatic rings. The van der Waals surface area contributed by atoms with Crippen molar-refractivity contribution in [3.63, 3.8) is 0 Å². The van der Waals surface area contributed by atoms with Crippen LogP contribution in [-0.4, -0.2) is 44.1 Å². The van der Waals surface area contributed by atoms with Crippen molar-refractivity contribution in [1.82, 2.24) is 4.90 Å². The van der Waals surface area contributed by atoms with Gasteiger partial charge in [0.15, 0.2) is 0 Å². The SMILES string of the molecule is CC=CC(=O)N1CCN(c2ccc(OC)cc2)CC1. The van der Waals surface area contributed by atoms with Crippen molar-refractivity contribution in [2.24, 2.45) is 0 Å². The van der Waals surface area contributed by atoms with Crippen LogP contribution in [0.1, 0.15) is 6.92 Å². The molecule has 0 N–H and O–H groups in total. The average Bonchev–Trinajstić information content (AvgIpc) is 2.48. The van der Waals surface area contributed by atoms with Crippen LogP contribution in [0.4, 0.5) is 5.69 Å². The van der Waals surface area contributed by atoms with E-state index in [1.54, 1.807) is 19.3 Å². The summed E-state index contributed by atoms with van der Waals surface area (Å²) in [6.45, 7) is 5.15. The van der Waals surface area contributed by atoms with Gasteiger partial charge in [-0.15, -0.1) is 0 Å². The molecule has 0 unspecified atom stereocenters. The van der Waals surface area contributed by atoms with Crippen LogP contribution in [0, 0.1) is 0 Å². The van der Waals surface area contributed by atoms with Gasteiger partial charge in [-0.3, -0.25) is 4.79 Å². The number of methoxy groups -OCH3 is 1. The van der Waals surface area contributed by atoms with Crippen LogP contribution in [0.25, 0.3) is 0 Å². The number of piperazine rings is 1. The molecule has 0 aromatic heterocycles. The number of benzene rings is 1. The summed E-state index contributed by atoms with van der Waals surface area (Å²) < 4.78 is 5.15. The van der Waals surface area contributed by atoms with Gasteiger partial charge in [0.25, 0.3) is 0 Å². The van der Waals surface area contributed by atoms with Crippen LogP contribution in [0.2, 0.25) is 0 Å². The van der Waals surface area contributed by atoms with Gasteiger partial charge in [0, 0.05) is 31.9 Å². The molecule has 1 heterocycles. The summed E-state index contributed by atoms with van der Waals surface area (Å²) in [5.41, 5.74) is 1.18. The maximum Gasteiger partial charge on any atom is 0.246 e. The lowest BCUT2D eigenvalue weighted by Gasteiger charge is -2.35.